The molecule has 1 N–H and O–H groups in total. The smallest absolute Gasteiger partial charge is 0.193 e. The molecule has 0 radical (unpaired) electrons. The van der Waals surface area contributed by atoms with Gasteiger partial charge < -0.3 is 18.5 Å². The van der Waals surface area contributed by atoms with E-state index in [4.69, 9.17) is 8.84 Å². The molecule has 1 heterocycles. The number of furan rings is 1. The van der Waals surface area contributed by atoms with Crippen molar-refractivity contribution in [3.8, 4) is 0 Å². The molecule has 4 nitrogen and oxygen atoms in total. The van der Waals surface area contributed by atoms with E-state index in [2.05, 4.69) is 19.6 Å². The minimum absolute atomic E-state index is 0.0177. The second-order valence-electron chi connectivity index (χ2n) is 7.77. The summed E-state index contributed by atoms with van der Waals surface area (Å²) in [6.45, 7) is 6.61. The quantitative estimate of drug-likeness (QED) is 0.250. The monoisotopic (exact) mass is 420 g/mol. The Morgan fingerprint density at radius 2 is 1.92 bits per heavy atom. The molecule has 0 aliphatic heterocycles. The van der Waals surface area contributed by atoms with Crippen molar-refractivity contribution in [3.63, 3.8) is 0 Å². The van der Waals surface area contributed by atoms with Crippen LogP contribution in [0.2, 0.25) is 19.6 Å². The van der Waals surface area contributed by atoms with E-state index >= 15 is 0 Å². The summed E-state index contributed by atoms with van der Waals surface area (Å²) in [5, 5.41) is 9.60. The largest absolute Gasteiger partial charge is 0.615 e. The first-order chi connectivity index (χ1) is 12.2. The van der Waals surface area contributed by atoms with Crippen LogP contribution in [0.5, 0.6) is 0 Å². The number of thioether (sulfide) groups is 1. The molecule has 0 saturated heterocycles. The summed E-state index contributed by atoms with van der Waals surface area (Å²) < 4.78 is 23.3. The van der Waals surface area contributed by atoms with E-state index in [-0.39, 0.29) is 12.7 Å². The Morgan fingerprint density at radius 1 is 1.27 bits per heavy atom. The Bertz CT molecular complexity index is 470. The van der Waals surface area contributed by atoms with Crippen molar-refractivity contribution >= 4 is 31.3 Å². The third-order valence-corrected chi connectivity index (χ3v) is 9.17. The van der Waals surface area contributed by atoms with Crippen molar-refractivity contribution in [3.05, 3.63) is 24.2 Å². The lowest BCUT2D eigenvalue weighted by Crippen LogP contribution is -2.38. The Labute approximate surface area is 167 Å². The molecule has 0 aliphatic rings. The first kappa shape index (κ1) is 24.1. The summed E-state index contributed by atoms with van der Waals surface area (Å²) in [4.78, 5) is 0. The minimum atomic E-state index is -1.61. The van der Waals surface area contributed by atoms with Crippen LogP contribution in [-0.4, -0.2) is 41.2 Å². The first-order valence-electron chi connectivity index (χ1n) is 9.45. The van der Waals surface area contributed by atoms with Crippen molar-refractivity contribution in [2.75, 3.05) is 19.1 Å². The average Bonchev–Trinajstić information content (AvgIpc) is 3.10. The van der Waals surface area contributed by atoms with Gasteiger partial charge in [-0.25, -0.2) is 0 Å². The molecule has 0 amide bonds. The van der Waals surface area contributed by atoms with Crippen LogP contribution >= 0.6 is 11.8 Å². The van der Waals surface area contributed by atoms with Gasteiger partial charge in [0.25, 0.3) is 0 Å². The van der Waals surface area contributed by atoms with Crippen LogP contribution in [-0.2, 0) is 15.6 Å². The number of rotatable bonds is 14. The lowest BCUT2D eigenvalue weighted by atomic mass is 10.1. The zero-order valence-corrected chi connectivity index (χ0v) is 19.6. The predicted molar refractivity (Wildman–Crippen MR) is 116 cm³/mol. The molecule has 1 rings (SSSR count). The fourth-order valence-electron chi connectivity index (χ4n) is 3.01. The lowest BCUT2D eigenvalue weighted by molar-refractivity contribution is 0.155. The van der Waals surface area contributed by atoms with E-state index < -0.39 is 23.6 Å². The average molecular weight is 421 g/mol. The van der Waals surface area contributed by atoms with Crippen molar-refractivity contribution < 1.29 is 18.5 Å². The number of hydrogen-bond donors (Lipinski definition) is 1. The molecule has 0 aromatic carbocycles. The van der Waals surface area contributed by atoms with Crippen LogP contribution in [0.3, 0.4) is 0 Å². The number of hydrogen-bond acceptors (Lipinski definition) is 5. The van der Waals surface area contributed by atoms with Gasteiger partial charge in [0.1, 0.15) is 18.5 Å². The standard InChI is InChI=1S/C19H36O4S2Si/c1-24-19(16-20,25(2)21)14-10-8-6-7-9-12-18(23-26(3,4)5)17-13-11-15-22-17/h11,13,15,18,20H,6-10,12,14,16H2,1-5H3. The number of aliphatic hydroxyl groups excluding tert-OH is 1. The first-order valence-corrected chi connectivity index (χ1v) is 15.6. The highest BCUT2D eigenvalue weighted by Crippen LogP contribution is 2.34. The molecule has 0 fully saturated rings. The van der Waals surface area contributed by atoms with Gasteiger partial charge in [0.05, 0.1) is 12.5 Å². The van der Waals surface area contributed by atoms with Gasteiger partial charge in [-0.2, -0.15) is 0 Å². The highest BCUT2D eigenvalue weighted by Gasteiger charge is 2.37. The number of aliphatic hydroxyl groups is 1. The highest BCUT2D eigenvalue weighted by atomic mass is 32.3. The van der Waals surface area contributed by atoms with Crippen molar-refractivity contribution in [1.29, 1.82) is 0 Å². The summed E-state index contributed by atoms with van der Waals surface area (Å²) in [5.74, 6) is 0.936. The number of unbranched alkanes of at least 4 members (excludes halogenated alkanes) is 4. The van der Waals surface area contributed by atoms with E-state index in [0.29, 0.717) is 0 Å². The van der Waals surface area contributed by atoms with Crippen LogP contribution in [0.4, 0.5) is 0 Å². The van der Waals surface area contributed by atoms with E-state index in [0.717, 1.165) is 50.7 Å². The Morgan fingerprint density at radius 3 is 2.42 bits per heavy atom. The maximum absolute atomic E-state index is 11.9. The van der Waals surface area contributed by atoms with Gasteiger partial charge in [-0.3, -0.25) is 0 Å². The normalized spacial score (nSPS) is 17.0. The Balaban J connectivity index is 2.30. The fraction of sp³-hybridized carbons (Fsp3) is 0.789. The van der Waals surface area contributed by atoms with E-state index in [9.17, 15) is 9.66 Å². The summed E-state index contributed by atoms with van der Waals surface area (Å²) in [7, 11) is -1.61. The summed E-state index contributed by atoms with van der Waals surface area (Å²) in [6, 6.07) is 3.93. The zero-order valence-electron chi connectivity index (χ0n) is 17.0. The maximum Gasteiger partial charge on any atom is 0.193 e. The predicted octanol–water partition coefficient (Wildman–Crippen LogP) is 5.33. The SMILES string of the molecule is CSC(CO)(CCCCCCCC(O[Si](C)(C)C)c1ccco1)[S+](C)[O-]. The fourth-order valence-corrected chi connectivity index (χ4v) is 6.13. The van der Waals surface area contributed by atoms with Gasteiger partial charge >= 0.3 is 0 Å². The molecule has 1 aromatic heterocycles. The topological polar surface area (TPSA) is 65.7 Å². The molecule has 0 bridgehead atoms. The second-order valence-corrected chi connectivity index (χ2v) is 15.4. The van der Waals surface area contributed by atoms with Gasteiger partial charge in [0.2, 0.25) is 0 Å². The van der Waals surface area contributed by atoms with E-state index in [1.807, 2.05) is 18.4 Å². The van der Waals surface area contributed by atoms with Crippen molar-refractivity contribution in [2.45, 2.75) is 74.8 Å². The molecule has 0 aliphatic carbocycles. The molecule has 152 valence electrons. The summed E-state index contributed by atoms with van der Waals surface area (Å²) >= 11 is 0.514. The third kappa shape index (κ3) is 8.40. The molecule has 1 aromatic rings. The minimum Gasteiger partial charge on any atom is -0.615 e. The summed E-state index contributed by atoms with van der Waals surface area (Å²) in [5.41, 5.74) is 0. The lowest BCUT2D eigenvalue weighted by Gasteiger charge is -2.30. The van der Waals surface area contributed by atoms with Crippen LogP contribution < -0.4 is 0 Å². The molecule has 7 heteroatoms. The third-order valence-electron chi connectivity index (χ3n) is 4.52. The van der Waals surface area contributed by atoms with Gasteiger partial charge in [-0.05, 0) is 62.0 Å². The highest BCUT2D eigenvalue weighted by molar-refractivity contribution is 8.14. The summed E-state index contributed by atoms with van der Waals surface area (Å²) in [6.07, 6.45) is 12.8. The van der Waals surface area contributed by atoms with E-state index in [1.165, 1.54) is 11.8 Å². The van der Waals surface area contributed by atoms with Crippen LogP contribution in [0, 0.1) is 0 Å². The van der Waals surface area contributed by atoms with E-state index in [1.54, 1.807) is 12.5 Å². The molecule has 0 saturated carbocycles. The van der Waals surface area contributed by atoms with Gasteiger partial charge in [0, 0.05) is 6.42 Å². The van der Waals surface area contributed by atoms with Crippen molar-refractivity contribution in [1.82, 2.24) is 0 Å². The second kappa shape index (κ2) is 11.8. The maximum atomic E-state index is 11.9. The molecule has 3 unspecified atom stereocenters. The van der Waals surface area contributed by atoms with Gasteiger partial charge in [0.15, 0.2) is 12.4 Å². The molecule has 26 heavy (non-hydrogen) atoms. The molecular formula is C19H36O4S2Si. The van der Waals surface area contributed by atoms with Crippen LogP contribution in [0.15, 0.2) is 22.8 Å². The zero-order chi connectivity index (χ0) is 19.6. The molecular weight excluding hydrogens is 384 g/mol. The van der Waals surface area contributed by atoms with Crippen molar-refractivity contribution in [2.24, 2.45) is 0 Å². The Kier molecular flexibility index (Phi) is 11.0. The van der Waals surface area contributed by atoms with Crippen LogP contribution in [0.25, 0.3) is 0 Å². The van der Waals surface area contributed by atoms with Gasteiger partial charge in [-0.1, -0.05) is 25.7 Å². The molecule has 3 atom stereocenters. The van der Waals surface area contributed by atoms with Gasteiger partial charge in [-0.15, -0.1) is 11.8 Å². The van der Waals surface area contributed by atoms with Crippen LogP contribution in [0.1, 0.15) is 56.8 Å². The Hall–Kier alpha value is 0.0769. The molecule has 0 spiro atoms.